The first-order valence-corrected chi connectivity index (χ1v) is 5.85. The van der Waals surface area contributed by atoms with Crippen molar-refractivity contribution in [2.45, 2.75) is 26.2 Å². The van der Waals surface area contributed by atoms with Crippen LogP contribution in [0.5, 0.6) is 0 Å². The first-order valence-electron chi connectivity index (χ1n) is 5.85. The molecule has 1 N–H and O–H groups in total. The summed E-state index contributed by atoms with van der Waals surface area (Å²) >= 11 is 0. The lowest BCUT2D eigenvalue weighted by Gasteiger charge is -2.21. The summed E-state index contributed by atoms with van der Waals surface area (Å²) in [6.45, 7) is 4.14. The molecule has 1 heterocycles. The molecule has 5 nitrogen and oxygen atoms in total. The Hall–Kier alpha value is -1.10. The minimum absolute atomic E-state index is 0.0104. The van der Waals surface area contributed by atoms with Gasteiger partial charge < -0.3 is 14.9 Å². The maximum Gasteiger partial charge on any atom is 0.224 e. The molecule has 1 saturated heterocycles. The molecule has 0 atom stereocenters. The molecule has 0 aliphatic carbocycles. The van der Waals surface area contributed by atoms with Crippen molar-refractivity contribution in [1.29, 1.82) is 0 Å². The van der Waals surface area contributed by atoms with Crippen molar-refractivity contribution >= 4 is 11.8 Å². The molecule has 0 saturated carbocycles. The van der Waals surface area contributed by atoms with Crippen LogP contribution >= 0.6 is 0 Å². The van der Waals surface area contributed by atoms with Gasteiger partial charge in [-0.1, -0.05) is 0 Å². The Morgan fingerprint density at radius 2 is 2.31 bits per heavy atom. The van der Waals surface area contributed by atoms with Gasteiger partial charge in [-0.25, -0.2) is 0 Å². The average Bonchev–Trinajstić information content (AvgIpc) is 2.68. The first kappa shape index (κ1) is 13.0. The topological polar surface area (TPSA) is 60.9 Å². The molecule has 0 aromatic heterocycles. The highest BCUT2D eigenvalue weighted by Gasteiger charge is 2.21. The molecule has 0 unspecified atom stereocenters. The summed E-state index contributed by atoms with van der Waals surface area (Å²) in [5, 5.41) is 8.78. The Morgan fingerprint density at radius 1 is 1.56 bits per heavy atom. The maximum atomic E-state index is 11.7. The van der Waals surface area contributed by atoms with E-state index in [0.29, 0.717) is 32.5 Å². The van der Waals surface area contributed by atoms with Crippen molar-refractivity contribution in [3.8, 4) is 0 Å². The van der Waals surface area contributed by atoms with Gasteiger partial charge in [0, 0.05) is 39.0 Å². The number of aliphatic hydroxyl groups is 1. The molecular weight excluding hydrogens is 208 g/mol. The zero-order chi connectivity index (χ0) is 12.0. The largest absolute Gasteiger partial charge is 0.395 e. The van der Waals surface area contributed by atoms with Crippen LogP contribution in [-0.2, 0) is 9.59 Å². The van der Waals surface area contributed by atoms with Crippen LogP contribution in [0.15, 0.2) is 0 Å². The second-order valence-electron chi connectivity index (χ2n) is 3.93. The van der Waals surface area contributed by atoms with Crippen LogP contribution in [0.4, 0.5) is 0 Å². The highest BCUT2D eigenvalue weighted by molar-refractivity contribution is 5.80. The van der Waals surface area contributed by atoms with E-state index in [1.165, 1.54) is 0 Å². The normalized spacial score (nSPS) is 15.6. The number of rotatable bonds is 6. The van der Waals surface area contributed by atoms with E-state index in [1.54, 1.807) is 9.80 Å². The van der Waals surface area contributed by atoms with E-state index in [4.69, 9.17) is 5.11 Å². The zero-order valence-corrected chi connectivity index (χ0v) is 9.81. The lowest BCUT2D eigenvalue weighted by atomic mass is 10.3. The van der Waals surface area contributed by atoms with Gasteiger partial charge in [0.05, 0.1) is 6.61 Å². The molecule has 5 heteroatoms. The summed E-state index contributed by atoms with van der Waals surface area (Å²) in [4.78, 5) is 26.4. The number of nitrogens with zero attached hydrogens (tertiary/aromatic N) is 2. The van der Waals surface area contributed by atoms with Gasteiger partial charge in [-0.05, 0) is 13.3 Å². The minimum atomic E-state index is -0.0117. The van der Waals surface area contributed by atoms with Crippen LogP contribution < -0.4 is 0 Å². The van der Waals surface area contributed by atoms with Gasteiger partial charge >= 0.3 is 0 Å². The van der Waals surface area contributed by atoms with Crippen LogP contribution in [0.3, 0.4) is 0 Å². The average molecular weight is 228 g/mol. The van der Waals surface area contributed by atoms with E-state index in [9.17, 15) is 9.59 Å². The van der Waals surface area contributed by atoms with Crippen molar-refractivity contribution in [1.82, 2.24) is 9.80 Å². The fourth-order valence-electron chi connectivity index (χ4n) is 1.91. The molecule has 1 fully saturated rings. The number of hydrogen-bond acceptors (Lipinski definition) is 3. The molecule has 1 rings (SSSR count). The molecule has 0 spiro atoms. The number of carbonyl (C=O) groups excluding carboxylic acids is 2. The Bertz CT molecular complexity index is 256. The summed E-state index contributed by atoms with van der Waals surface area (Å²) in [6, 6.07) is 0. The number of aliphatic hydroxyl groups excluding tert-OH is 1. The number of carbonyl (C=O) groups is 2. The molecular formula is C11H20N2O3. The zero-order valence-electron chi connectivity index (χ0n) is 9.81. The van der Waals surface area contributed by atoms with Crippen molar-refractivity contribution in [2.24, 2.45) is 0 Å². The van der Waals surface area contributed by atoms with Crippen LogP contribution in [0.1, 0.15) is 26.2 Å². The monoisotopic (exact) mass is 228 g/mol. The van der Waals surface area contributed by atoms with Gasteiger partial charge in [-0.2, -0.15) is 0 Å². The maximum absolute atomic E-state index is 11.7. The van der Waals surface area contributed by atoms with Crippen LogP contribution in [0.25, 0.3) is 0 Å². The number of hydrogen-bond donors (Lipinski definition) is 1. The van der Waals surface area contributed by atoms with Gasteiger partial charge in [0.15, 0.2) is 0 Å². The number of likely N-dealkylation sites (N-methyl/N-ethyl adjacent to an activating group) is 1. The lowest BCUT2D eigenvalue weighted by molar-refractivity contribution is -0.133. The van der Waals surface area contributed by atoms with E-state index < -0.39 is 0 Å². The molecule has 16 heavy (non-hydrogen) atoms. The smallest absolute Gasteiger partial charge is 0.224 e. The summed E-state index contributed by atoms with van der Waals surface area (Å²) in [7, 11) is 0. The summed E-state index contributed by atoms with van der Waals surface area (Å²) in [5.74, 6) is 0.161. The SMILES string of the molecule is CCN(CCO)C(=O)CCN1CCCC1=O. The fourth-order valence-corrected chi connectivity index (χ4v) is 1.91. The van der Waals surface area contributed by atoms with E-state index in [0.717, 1.165) is 13.0 Å². The second kappa shape index (κ2) is 6.48. The second-order valence-corrected chi connectivity index (χ2v) is 3.93. The van der Waals surface area contributed by atoms with Crippen molar-refractivity contribution in [3.05, 3.63) is 0 Å². The van der Waals surface area contributed by atoms with Crippen molar-refractivity contribution in [2.75, 3.05) is 32.8 Å². The fraction of sp³-hybridized carbons (Fsp3) is 0.818. The van der Waals surface area contributed by atoms with E-state index in [1.807, 2.05) is 6.92 Å². The Labute approximate surface area is 96.0 Å². The number of amides is 2. The molecule has 0 aromatic carbocycles. The third kappa shape index (κ3) is 3.48. The molecule has 1 aliphatic rings. The standard InChI is InChI=1S/C11H20N2O3/c1-2-12(8-9-14)11(16)5-7-13-6-3-4-10(13)15/h14H,2-9H2,1H3. The van der Waals surface area contributed by atoms with Crippen LogP contribution in [-0.4, -0.2) is 59.5 Å². The predicted molar refractivity (Wildman–Crippen MR) is 59.8 cm³/mol. The van der Waals surface area contributed by atoms with E-state index in [-0.39, 0.29) is 18.4 Å². The highest BCUT2D eigenvalue weighted by atomic mass is 16.3. The van der Waals surface area contributed by atoms with E-state index >= 15 is 0 Å². The predicted octanol–water partition coefficient (Wildman–Crippen LogP) is -0.160. The summed E-state index contributed by atoms with van der Waals surface area (Å²) in [6.07, 6.45) is 1.88. The molecule has 1 aliphatic heterocycles. The van der Waals surface area contributed by atoms with Gasteiger partial charge in [0.2, 0.25) is 11.8 Å². The summed E-state index contributed by atoms with van der Waals surface area (Å²) in [5.41, 5.74) is 0. The quantitative estimate of drug-likeness (QED) is 0.687. The lowest BCUT2D eigenvalue weighted by Crippen LogP contribution is -2.36. The molecule has 0 radical (unpaired) electrons. The van der Waals surface area contributed by atoms with Gasteiger partial charge in [-0.3, -0.25) is 9.59 Å². The third-order valence-electron chi connectivity index (χ3n) is 2.87. The molecule has 92 valence electrons. The molecule has 0 aromatic rings. The third-order valence-corrected chi connectivity index (χ3v) is 2.87. The van der Waals surface area contributed by atoms with Crippen molar-refractivity contribution < 1.29 is 14.7 Å². The Morgan fingerprint density at radius 3 is 2.81 bits per heavy atom. The Kier molecular flexibility index (Phi) is 5.25. The van der Waals surface area contributed by atoms with Crippen LogP contribution in [0.2, 0.25) is 0 Å². The van der Waals surface area contributed by atoms with Gasteiger partial charge in [0.25, 0.3) is 0 Å². The van der Waals surface area contributed by atoms with Gasteiger partial charge in [-0.15, -0.1) is 0 Å². The molecule has 2 amide bonds. The highest BCUT2D eigenvalue weighted by Crippen LogP contribution is 2.10. The number of likely N-dealkylation sites (tertiary alicyclic amines) is 1. The first-order chi connectivity index (χ1) is 7.69. The summed E-state index contributed by atoms with van der Waals surface area (Å²) < 4.78 is 0. The Balaban J connectivity index is 2.30. The van der Waals surface area contributed by atoms with Crippen LogP contribution in [0, 0.1) is 0 Å². The van der Waals surface area contributed by atoms with Gasteiger partial charge in [0.1, 0.15) is 0 Å². The molecule has 0 bridgehead atoms. The van der Waals surface area contributed by atoms with Crippen molar-refractivity contribution in [3.63, 3.8) is 0 Å². The minimum Gasteiger partial charge on any atom is -0.395 e. The van der Waals surface area contributed by atoms with E-state index in [2.05, 4.69) is 0 Å².